The smallest absolute Gasteiger partial charge is 0.218 e. The predicted molar refractivity (Wildman–Crippen MR) is 57.8 cm³/mol. The van der Waals surface area contributed by atoms with Gasteiger partial charge in [-0.25, -0.2) is 9.98 Å². The zero-order valence-corrected chi connectivity index (χ0v) is 9.02. The van der Waals surface area contributed by atoms with Crippen molar-refractivity contribution in [2.24, 2.45) is 15.7 Å². The SMILES string of the molecule is CC1N=C(N)N=CN1C1CC(O)C(CO)O1. The maximum atomic E-state index is 9.61. The van der Waals surface area contributed by atoms with Crippen molar-refractivity contribution in [1.82, 2.24) is 4.90 Å². The Morgan fingerprint density at radius 1 is 1.69 bits per heavy atom. The third kappa shape index (κ3) is 2.01. The second-order valence-corrected chi connectivity index (χ2v) is 3.93. The van der Waals surface area contributed by atoms with Crippen molar-refractivity contribution in [3.05, 3.63) is 0 Å². The van der Waals surface area contributed by atoms with Crippen molar-refractivity contribution in [2.45, 2.75) is 37.9 Å². The van der Waals surface area contributed by atoms with E-state index >= 15 is 0 Å². The van der Waals surface area contributed by atoms with Crippen LogP contribution >= 0.6 is 0 Å². The van der Waals surface area contributed by atoms with E-state index < -0.39 is 12.2 Å². The van der Waals surface area contributed by atoms with Crippen LogP contribution in [0.2, 0.25) is 0 Å². The molecule has 1 saturated heterocycles. The highest BCUT2D eigenvalue weighted by Gasteiger charge is 2.38. The highest BCUT2D eigenvalue weighted by Crippen LogP contribution is 2.24. The van der Waals surface area contributed by atoms with Crippen LogP contribution in [0.5, 0.6) is 0 Å². The van der Waals surface area contributed by atoms with Crippen LogP contribution in [0.25, 0.3) is 0 Å². The van der Waals surface area contributed by atoms with Crippen LogP contribution in [0.3, 0.4) is 0 Å². The van der Waals surface area contributed by atoms with Crippen LogP contribution in [-0.4, -0.2) is 58.6 Å². The number of aliphatic hydroxyl groups is 2. The Hall–Kier alpha value is -1.18. The summed E-state index contributed by atoms with van der Waals surface area (Å²) in [5.41, 5.74) is 5.46. The molecule has 4 unspecified atom stereocenters. The average molecular weight is 228 g/mol. The van der Waals surface area contributed by atoms with E-state index in [1.807, 2.05) is 6.92 Å². The molecular weight excluding hydrogens is 212 g/mol. The lowest BCUT2D eigenvalue weighted by atomic mass is 10.2. The number of rotatable bonds is 2. The van der Waals surface area contributed by atoms with Crippen molar-refractivity contribution in [2.75, 3.05) is 6.61 Å². The predicted octanol–water partition coefficient (Wildman–Crippen LogP) is -1.54. The summed E-state index contributed by atoms with van der Waals surface area (Å²) in [4.78, 5) is 9.74. The minimum atomic E-state index is -0.654. The van der Waals surface area contributed by atoms with Crippen molar-refractivity contribution < 1.29 is 14.9 Å². The molecule has 0 aliphatic carbocycles. The van der Waals surface area contributed by atoms with Gasteiger partial charge in [-0.3, -0.25) is 0 Å². The molecule has 0 aromatic rings. The second kappa shape index (κ2) is 4.36. The van der Waals surface area contributed by atoms with Gasteiger partial charge in [-0.2, -0.15) is 0 Å². The van der Waals surface area contributed by atoms with E-state index in [1.54, 1.807) is 11.2 Å². The van der Waals surface area contributed by atoms with Gasteiger partial charge in [-0.1, -0.05) is 0 Å². The maximum absolute atomic E-state index is 9.61. The zero-order valence-electron chi connectivity index (χ0n) is 9.02. The minimum Gasteiger partial charge on any atom is -0.394 e. The van der Waals surface area contributed by atoms with Gasteiger partial charge in [-0.15, -0.1) is 0 Å². The van der Waals surface area contributed by atoms with Crippen molar-refractivity contribution in [3.8, 4) is 0 Å². The van der Waals surface area contributed by atoms with E-state index in [2.05, 4.69) is 9.98 Å². The molecule has 2 aliphatic rings. The monoisotopic (exact) mass is 228 g/mol. The molecule has 2 heterocycles. The van der Waals surface area contributed by atoms with Crippen LogP contribution in [0.15, 0.2) is 9.98 Å². The number of aliphatic hydroxyl groups excluding tert-OH is 2. The molecule has 0 aromatic heterocycles. The molecule has 4 atom stereocenters. The van der Waals surface area contributed by atoms with Gasteiger partial charge in [0.25, 0.3) is 0 Å². The Labute approximate surface area is 93.2 Å². The van der Waals surface area contributed by atoms with Gasteiger partial charge < -0.3 is 25.6 Å². The van der Waals surface area contributed by atoms with E-state index in [9.17, 15) is 5.11 Å². The van der Waals surface area contributed by atoms with Crippen LogP contribution in [0.4, 0.5) is 0 Å². The highest BCUT2D eigenvalue weighted by atomic mass is 16.5. The third-order valence-corrected chi connectivity index (χ3v) is 2.79. The quantitative estimate of drug-likeness (QED) is 0.531. The number of guanidine groups is 1. The molecule has 0 saturated carbocycles. The van der Waals surface area contributed by atoms with E-state index in [4.69, 9.17) is 15.6 Å². The number of ether oxygens (including phenoxy) is 1. The number of hydrogen-bond donors (Lipinski definition) is 3. The van der Waals surface area contributed by atoms with Gasteiger partial charge in [0.05, 0.1) is 19.0 Å². The molecule has 7 nitrogen and oxygen atoms in total. The summed E-state index contributed by atoms with van der Waals surface area (Å²) in [7, 11) is 0. The van der Waals surface area contributed by atoms with Crippen molar-refractivity contribution in [1.29, 1.82) is 0 Å². The Bertz CT molecular complexity index is 320. The maximum Gasteiger partial charge on any atom is 0.218 e. The molecule has 90 valence electrons. The molecule has 4 N–H and O–H groups in total. The first-order chi connectivity index (χ1) is 7.61. The fraction of sp³-hybridized carbons (Fsp3) is 0.778. The van der Waals surface area contributed by atoms with E-state index in [0.717, 1.165) is 0 Å². The summed E-state index contributed by atoms with van der Waals surface area (Å²) in [6.45, 7) is 1.67. The third-order valence-electron chi connectivity index (χ3n) is 2.79. The molecule has 7 heteroatoms. The fourth-order valence-electron chi connectivity index (χ4n) is 1.89. The average Bonchev–Trinajstić information content (AvgIpc) is 2.59. The Morgan fingerprint density at radius 2 is 2.44 bits per heavy atom. The first kappa shape index (κ1) is 11.3. The summed E-state index contributed by atoms with van der Waals surface area (Å²) < 4.78 is 5.49. The highest BCUT2D eigenvalue weighted by molar-refractivity contribution is 5.87. The minimum absolute atomic E-state index is 0.174. The van der Waals surface area contributed by atoms with Gasteiger partial charge in [-0.05, 0) is 6.92 Å². The lowest BCUT2D eigenvalue weighted by molar-refractivity contribution is -0.0638. The van der Waals surface area contributed by atoms with Crippen molar-refractivity contribution >= 4 is 12.3 Å². The lowest BCUT2D eigenvalue weighted by Crippen LogP contribution is -2.43. The largest absolute Gasteiger partial charge is 0.394 e. The normalized spacial score (nSPS) is 38.9. The molecule has 0 bridgehead atoms. The second-order valence-electron chi connectivity index (χ2n) is 3.93. The first-order valence-electron chi connectivity index (χ1n) is 5.21. The molecule has 2 rings (SSSR count). The Kier molecular flexibility index (Phi) is 3.08. The van der Waals surface area contributed by atoms with E-state index in [1.165, 1.54) is 0 Å². The topological polar surface area (TPSA) is 104 Å². The van der Waals surface area contributed by atoms with Gasteiger partial charge in [0.2, 0.25) is 5.96 Å². The summed E-state index contributed by atoms with van der Waals surface area (Å²) in [5, 5.41) is 18.6. The molecule has 1 fully saturated rings. The lowest BCUT2D eigenvalue weighted by Gasteiger charge is -2.31. The number of aliphatic imine (C=N–C) groups is 2. The summed E-state index contributed by atoms with van der Waals surface area (Å²) in [6, 6.07) is 0. The van der Waals surface area contributed by atoms with Gasteiger partial charge in [0.1, 0.15) is 18.5 Å². The summed E-state index contributed by atoms with van der Waals surface area (Å²) >= 11 is 0. The molecule has 16 heavy (non-hydrogen) atoms. The van der Waals surface area contributed by atoms with E-state index in [0.29, 0.717) is 6.42 Å². The van der Waals surface area contributed by atoms with Gasteiger partial charge in [0, 0.05) is 6.42 Å². The fourth-order valence-corrected chi connectivity index (χ4v) is 1.89. The van der Waals surface area contributed by atoms with Crippen LogP contribution in [0, 0.1) is 0 Å². The van der Waals surface area contributed by atoms with Gasteiger partial charge in [0.15, 0.2) is 0 Å². The molecule has 2 aliphatic heterocycles. The molecule has 0 spiro atoms. The summed E-state index contributed by atoms with van der Waals surface area (Å²) in [5.74, 6) is 0.237. The molecular formula is C9H16N4O3. The standard InChI is InChI=1S/C9H16N4O3/c1-5-12-9(10)11-4-13(5)8-2-6(15)7(3-14)16-8/h4-8,14-15H,2-3H2,1H3,(H2,10,12). The Morgan fingerprint density at radius 3 is 3.00 bits per heavy atom. The van der Waals surface area contributed by atoms with Gasteiger partial charge >= 0.3 is 0 Å². The Balaban J connectivity index is 2.03. The van der Waals surface area contributed by atoms with E-state index in [-0.39, 0.29) is 25.0 Å². The molecule has 0 aromatic carbocycles. The molecule has 0 amide bonds. The molecule has 0 radical (unpaired) electrons. The van der Waals surface area contributed by atoms with Crippen LogP contribution in [-0.2, 0) is 4.74 Å². The first-order valence-corrected chi connectivity index (χ1v) is 5.21. The zero-order chi connectivity index (χ0) is 11.7. The number of nitrogens with zero attached hydrogens (tertiary/aromatic N) is 3. The van der Waals surface area contributed by atoms with Crippen LogP contribution in [0.1, 0.15) is 13.3 Å². The van der Waals surface area contributed by atoms with Crippen LogP contribution < -0.4 is 5.73 Å². The summed E-state index contributed by atoms with van der Waals surface area (Å²) in [6.07, 6.45) is 0.309. The number of hydrogen-bond acceptors (Lipinski definition) is 7. The number of nitrogens with two attached hydrogens (primary N) is 1. The van der Waals surface area contributed by atoms with Crippen molar-refractivity contribution in [3.63, 3.8) is 0 Å².